The zero-order valence-corrected chi connectivity index (χ0v) is 9.95. The van der Waals surface area contributed by atoms with Crippen molar-refractivity contribution in [2.45, 2.75) is 46.1 Å². The molecule has 0 bridgehead atoms. The first-order valence-electron chi connectivity index (χ1n) is 5.62. The topological polar surface area (TPSA) is 63.4 Å². The van der Waals surface area contributed by atoms with E-state index in [1.807, 2.05) is 13.8 Å². The van der Waals surface area contributed by atoms with Crippen LogP contribution in [0.2, 0.25) is 0 Å². The van der Waals surface area contributed by atoms with Crippen LogP contribution >= 0.6 is 0 Å². The summed E-state index contributed by atoms with van der Waals surface area (Å²) in [6.07, 6.45) is 1.28. The van der Waals surface area contributed by atoms with Gasteiger partial charge in [-0.25, -0.2) is 0 Å². The summed E-state index contributed by atoms with van der Waals surface area (Å²) < 4.78 is 0. The molecule has 0 radical (unpaired) electrons. The largest absolute Gasteiger partial charge is 0.343 e. The minimum absolute atomic E-state index is 0.0300. The van der Waals surface area contributed by atoms with Gasteiger partial charge in [-0.15, -0.1) is 0 Å². The number of nitrogens with zero attached hydrogens (tertiary/aromatic N) is 1. The zero-order valence-electron chi connectivity index (χ0n) is 9.95. The van der Waals surface area contributed by atoms with Crippen molar-refractivity contribution in [2.24, 2.45) is 5.73 Å². The van der Waals surface area contributed by atoms with E-state index in [1.54, 1.807) is 11.8 Å². The lowest BCUT2D eigenvalue weighted by Crippen LogP contribution is -2.34. The van der Waals surface area contributed by atoms with Gasteiger partial charge in [0.25, 0.3) is 0 Å². The Balaban J connectivity index is 3.94. The van der Waals surface area contributed by atoms with E-state index in [-0.39, 0.29) is 11.7 Å². The summed E-state index contributed by atoms with van der Waals surface area (Å²) in [6.45, 7) is 7.10. The van der Waals surface area contributed by atoms with E-state index in [2.05, 4.69) is 0 Å². The highest BCUT2D eigenvalue weighted by molar-refractivity contribution is 5.84. The smallest absolute Gasteiger partial charge is 0.222 e. The molecule has 4 nitrogen and oxygen atoms in total. The van der Waals surface area contributed by atoms with Gasteiger partial charge in [-0.1, -0.05) is 6.92 Å². The SMILES string of the molecule is CCC(=O)C(N)CCC(=O)N(CC)CC. The van der Waals surface area contributed by atoms with Crippen LogP contribution in [0.15, 0.2) is 0 Å². The number of hydrogen-bond acceptors (Lipinski definition) is 3. The molecule has 0 rings (SSSR count). The molecule has 0 heterocycles. The summed E-state index contributed by atoms with van der Waals surface area (Å²) in [6, 6.07) is -0.477. The highest BCUT2D eigenvalue weighted by atomic mass is 16.2. The van der Waals surface area contributed by atoms with Gasteiger partial charge in [0.15, 0.2) is 0 Å². The normalized spacial score (nSPS) is 12.3. The lowest BCUT2D eigenvalue weighted by Gasteiger charge is -2.19. The van der Waals surface area contributed by atoms with Crippen molar-refractivity contribution in [3.05, 3.63) is 0 Å². The van der Waals surface area contributed by atoms with Gasteiger partial charge in [0.05, 0.1) is 6.04 Å². The van der Waals surface area contributed by atoms with E-state index in [0.717, 1.165) is 0 Å². The second kappa shape index (κ2) is 7.40. The maximum absolute atomic E-state index is 11.6. The summed E-state index contributed by atoms with van der Waals surface area (Å²) in [5, 5.41) is 0. The Morgan fingerprint density at radius 2 is 1.73 bits per heavy atom. The van der Waals surface area contributed by atoms with E-state index in [4.69, 9.17) is 5.73 Å². The van der Waals surface area contributed by atoms with Crippen molar-refractivity contribution in [3.63, 3.8) is 0 Å². The number of Topliss-reactive ketones (excluding diaryl/α,β-unsaturated/α-hetero) is 1. The number of rotatable bonds is 7. The summed E-state index contributed by atoms with van der Waals surface area (Å²) in [5.74, 6) is 0.113. The Morgan fingerprint density at radius 1 is 1.20 bits per heavy atom. The lowest BCUT2D eigenvalue weighted by atomic mass is 10.1. The molecule has 4 heteroatoms. The number of carbonyl (C=O) groups is 2. The Bertz CT molecular complexity index is 213. The molecule has 0 aliphatic heterocycles. The molecule has 0 aliphatic rings. The highest BCUT2D eigenvalue weighted by Crippen LogP contribution is 2.02. The second-order valence-corrected chi connectivity index (χ2v) is 3.53. The number of nitrogens with two attached hydrogens (primary N) is 1. The third-order valence-electron chi connectivity index (χ3n) is 2.55. The van der Waals surface area contributed by atoms with E-state index in [9.17, 15) is 9.59 Å². The standard InChI is InChI=1S/C11H22N2O2/c1-4-10(14)9(12)7-8-11(15)13(5-2)6-3/h9H,4-8,12H2,1-3H3. The van der Waals surface area contributed by atoms with E-state index >= 15 is 0 Å². The van der Waals surface area contributed by atoms with Crippen molar-refractivity contribution < 1.29 is 9.59 Å². The zero-order chi connectivity index (χ0) is 11.8. The third kappa shape index (κ3) is 4.93. The summed E-state index contributed by atoms with van der Waals surface area (Å²) in [5.41, 5.74) is 5.64. The number of carbonyl (C=O) groups excluding carboxylic acids is 2. The van der Waals surface area contributed by atoms with E-state index in [0.29, 0.717) is 32.4 Å². The molecule has 1 amide bonds. The molecular formula is C11H22N2O2. The summed E-state index contributed by atoms with van der Waals surface area (Å²) in [4.78, 5) is 24.5. The molecule has 0 aromatic heterocycles. The fraction of sp³-hybridized carbons (Fsp3) is 0.818. The van der Waals surface area contributed by atoms with Gasteiger partial charge in [0.2, 0.25) is 5.91 Å². The van der Waals surface area contributed by atoms with Crippen molar-refractivity contribution in [1.29, 1.82) is 0 Å². The maximum atomic E-state index is 11.6. The van der Waals surface area contributed by atoms with Crippen LogP contribution in [-0.4, -0.2) is 35.7 Å². The Labute approximate surface area is 91.8 Å². The summed E-state index contributed by atoms with van der Waals surface area (Å²) >= 11 is 0. The van der Waals surface area contributed by atoms with Crippen molar-refractivity contribution >= 4 is 11.7 Å². The molecular weight excluding hydrogens is 192 g/mol. The minimum atomic E-state index is -0.477. The Kier molecular flexibility index (Phi) is 6.96. The quantitative estimate of drug-likeness (QED) is 0.686. The molecule has 15 heavy (non-hydrogen) atoms. The predicted molar refractivity (Wildman–Crippen MR) is 60.4 cm³/mol. The number of hydrogen-bond donors (Lipinski definition) is 1. The van der Waals surface area contributed by atoms with Gasteiger partial charge in [-0.2, -0.15) is 0 Å². The van der Waals surface area contributed by atoms with Crippen LogP contribution in [0.4, 0.5) is 0 Å². The molecule has 0 aromatic carbocycles. The molecule has 88 valence electrons. The van der Waals surface area contributed by atoms with Crippen molar-refractivity contribution in [2.75, 3.05) is 13.1 Å². The van der Waals surface area contributed by atoms with Gasteiger partial charge in [0, 0.05) is 25.9 Å². The fourth-order valence-electron chi connectivity index (χ4n) is 1.44. The highest BCUT2D eigenvalue weighted by Gasteiger charge is 2.15. The molecule has 0 aromatic rings. The van der Waals surface area contributed by atoms with Crippen LogP contribution in [0.25, 0.3) is 0 Å². The maximum Gasteiger partial charge on any atom is 0.222 e. The fourth-order valence-corrected chi connectivity index (χ4v) is 1.44. The average Bonchev–Trinajstić information content (AvgIpc) is 2.26. The average molecular weight is 214 g/mol. The van der Waals surface area contributed by atoms with Crippen LogP contribution in [-0.2, 0) is 9.59 Å². The molecule has 0 fully saturated rings. The van der Waals surface area contributed by atoms with Crippen molar-refractivity contribution in [3.8, 4) is 0 Å². The molecule has 0 saturated heterocycles. The van der Waals surface area contributed by atoms with Crippen LogP contribution in [0.5, 0.6) is 0 Å². The monoisotopic (exact) mass is 214 g/mol. The molecule has 2 N–H and O–H groups in total. The van der Waals surface area contributed by atoms with Crippen LogP contribution in [0.3, 0.4) is 0 Å². The molecule has 0 saturated carbocycles. The number of amides is 1. The van der Waals surface area contributed by atoms with Gasteiger partial charge < -0.3 is 10.6 Å². The van der Waals surface area contributed by atoms with Gasteiger partial charge >= 0.3 is 0 Å². The lowest BCUT2D eigenvalue weighted by molar-refractivity contribution is -0.131. The van der Waals surface area contributed by atoms with E-state index < -0.39 is 6.04 Å². The summed E-state index contributed by atoms with van der Waals surface area (Å²) in [7, 11) is 0. The molecule has 0 spiro atoms. The van der Waals surface area contributed by atoms with Gasteiger partial charge in [-0.05, 0) is 20.3 Å². The first-order chi connectivity index (χ1) is 7.06. The van der Waals surface area contributed by atoms with Crippen molar-refractivity contribution in [1.82, 2.24) is 4.90 Å². The van der Waals surface area contributed by atoms with Gasteiger partial charge in [-0.3, -0.25) is 9.59 Å². The molecule has 1 unspecified atom stereocenters. The second-order valence-electron chi connectivity index (χ2n) is 3.53. The first kappa shape index (κ1) is 14.1. The minimum Gasteiger partial charge on any atom is -0.343 e. The first-order valence-corrected chi connectivity index (χ1v) is 5.62. The Morgan fingerprint density at radius 3 is 2.13 bits per heavy atom. The van der Waals surface area contributed by atoms with Crippen LogP contribution in [0, 0.1) is 0 Å². The van der Waals surface area contributed by atoms with Crippen LogP contribution < -0.4 is 5.73 Å². The van der Waals surface area contributed by atoms with Gasteiger partial charge in [0.1, 0.15) is 5.78 Å². The molecule has 1 atom stereocenters. The Hall–Kier alpha value is -0.900. The van der Waals surface area contributed by atoms with Crippen LogP contribution in [0.1, 0.15) is 40.0 Å². The number of ketones is 1. The predicted octanol–water partition coefficient (Wildman–Crippen LogP) is 0.941. The van der Waals surface area contributed by atoms with E-state index in [1.165, 1.54) is 0 Å². The third-order valence-corrected chi connectivity index (χ3v) is 2.55. The molecule has 0 aliphatic carbocycles.